The van der Waals surface area contributed by atoms with Gasteiger partial charge in [-0.1, -0.05) is 20.8 Å². The number of nitro groups is 1. The van der Waals surface area contributed by atoms with Gasteiger partial charge in [0.1, 0.15) is 5.82 Å². The van der Waals surface area contributed by atoms with Crippen molar-refractivity contribution in [1.29, 1.82) is 0 Å². The number of nitrogens with two attached hydrogens (primary N) is 1. The molecule has 3 N–H and O–H groups in total. The van der Waals surface area contributed by atoms with Crippen molar-refractivity contribution in [3.63, 3.8) is 0 Å². The first-order valence-corrected chi connectivity index (χ1v) is 5.07. The Hall–Kier alpha value is -1.69. The first-order valence-electron chi connectivity index (χ1n) is 5.07. The zero-order valence-electron chi connectivity index (χ0n) is 9.90. The van der Waals surface area contributed by atoms with Gasteiger partial charge >= 0.3 is 5.69 Å². The Kier molecular flexibility index (Phi) is 3.38. The standard InChI is InChI=1S/C11H15FN2O3/c1-11(2,3)10(13)7-4-6(12)5-8(9(7)15)14(16)17/h4-5,10,15H,13H2,1-3H3/t10-/m1/s1. The van der Waals surface area contributed by atoms with E-state index in [0.717, 1.165) is 6.07 Å². The predicted octanol–water partition coefficient (Wildman–Crippen LogP) is 2.49. The van der Waals surface area contributed by atoms with Gasteiger partial charge in [0.15, 0.2) is 5.75 Å². The zero-order chi connectivity index (χ0) is 13.4. The molecule has 0 unspecified atom stereocenters. The fraction of sp³-hybridized carbons (Fsp3) is 0.455. The molecule has 0 aliphatic rings. The van der Waals surface area contributed by atoms with Crippen molar-refractivity contribution in [1.82, 2.24) is 0 Å². The maximum Gasteiger partial charge on any atom is 0.313 e. The van der Waals surface area contributed by atoms with Crippen LogP contribution < -0.4 is 5.73 Å². The summed E-state index contributed by atoms with van der Waals surface area (Å²) in [7, 11) is 0. The molecule has 6 heteroatoms. The van der Waals surface area contributed by atoms with Crippen LogP contribution in [-0.4, -0.2) is 10.0 Å². The number of nitro benzene ring substituents is 1. The summed E-state index contributed by atoms with van der Waals surface area (Å²) in [4.78, 5) is 9.80. The monoisotopic (exact) mass is 242 g/mol. The summed E-state index contributed by atoms with van der Waals surface area (Å²) in [6, 6.07) is 1.00. The molecule has 0 spiro atoms. The summed E-state index contributed by atoms with van der Waals surface area (Å²) < 4.78 is 13.2. The van der Waals surface area contributed by atoms with Gasteiger partial charge in [0.25, 0.3) is 0 Å². The van der Waals surface area contributed by atoms with Gasteiger partial charge < -0.3 is 10.8 Å². The van der Waals surface area contributed by atoms with Crippen LogP contribution in [0.4, 0.5) is 10.1 Å². The summed E-state index contributed by atoms with van der Waals surface area (Å²) in [5.74, 6) is -1.36. The number of halogens is 1. The molecule has 1 rings (SSSR count). The average Bonchev–Trinajstić information content (AvgIpc) is 2.18. The molecule has 0 saturated heterocycles. The average molecular weight is 242 g/mol. The third kappa shape index (κ3) is 2.71. The second-order valence-corrected chi connectivity index (χ2v) is 4.96. The normalized spacial score (nSPS) is 13.5. The van der Waals surface area contributed by atoms with E-state index in [1.54, 1.807) is 20.8 Å². The van der Waals surface area contributed by atoms with Crippen LogP contribution in [0.25, 0.3) is 0 Å². The van der Waals surface area contributed by atoms with E-state index in [1.165, 1.54) is 0 Å². The van der Waals surface area contributed by atoms with Crippen molar-refractivity contribution in [2.24, 2.45) is 11.1 Å². The van der Waals surface area contributed by atoms with E-state index in [9.17, 15) is 19.6 Å². The van der Waals surface area contributed by atoms with Gasteiger partial charge in [-0.2, -0.15) is 0 Å². The highest BCUT2D eigenvalue weighted by Crippen LogP contribution is 2.40. The molecule has 0 heterocycles. The fourth-order valence-electron chi connectivity index (χ4n) is 1.45. The molecule has 94 valence electrons. The molecule has 0 bridgehead atoms. The number of rotatable bonds is 2. The Morgan fingerprint density at radius 2 is 2.00 bits per heavy atom. The van der Waals surface area contributed by atoms with Gasteiger partial charge in [-0.15, -0.1) is 0 Å². The lowest BCUT2D eigenvalue weighted by atomic mass is 9.82. The largest absolute Gasteiger partial charge is 0.502 e. The Morgan fingerprint density at radius 3 is 2.41 bits per heavy atom. The SMILES string of the molecule is CC(C)(C)[C@H](N)c1cc(F)cc([N+](=O)[O-])c1O. The molecule has 1 aromatic carbocycles. The van der Waals surface area contributed by atoms with Crippen LogP contribution in [0.5, 0.6) is 5.75 Å². The first kappa shape index (κ1) is 13.4. The second kappa shape index (κ2) is 4.29. The van der Waals surface area contributed by atoms with E-state index in [4.69, 9.17) is 5.73 Å². The summed E-state index contributed by atoms with van der Waals surface area (Å²) in [6.45, 7) is 5.40. The number of hydrogen-bond acceptors (Lipinski definition) is 4. The Morgan fingerprint density at radius 1 is 1.47 bits per heavy atom. The van der Waals surface area contributed by atoms with Crippen LogP contribution in [0.1, 0.15) is 32.4 Å². The second-order valence-electron chi connectivity index (χ2n) is 4.96. The van der Waals surface area contributed by atoms with Crippen LogP contribution in [0.3, 0.4) is 0 Å². The van der Waals surface area contributed by atoms with E-state index in [1.807, 2.05) is 0 Å². The third-order valence-corrected chi connectivity index (χ3v) is 2.55. The van der Waals surface area contributed by atoms with Crippen molar-refractivity contribution in [3.05, 3.63) is 33.6 Å². The minimum atomic E-state index is -0.836. The van der Waals surface area contributed by atoms with E-state index >= 15 is 0 Å². The minimum Gasteiger partial charge on any atom is -0.502 e. The van der Waals surface area contributed by atoms with Gasteiger partial charge in [-0.05, 0) is 11.5 Å². The molecular weight excluding hydrogens is 227 g/mol. The van der Waals surface area contributed by atoms with Crippen molar-refractivity contribution in [3.8, 4) is 5.75 Å². The molecule has 0 aliphatic carbocycles. The molecule has 0 aliphatic heterocycles. The van der Waals surface area contributed by atoms with Crippen molar-refractivity contribution < 1.29 is 14.4 Å². The zero-order valence-corrected chi connectivity index (χ0v) is 9.90. The lowest BCUT2D eigenvalue weighted by molar-refractivity contribution is -0.386. The van der Waals surface area contributed by atoms with Gasteiger partial charge in [-0.25, -0.2) is 4.39 Å². The van der Waals surface area contributed by atoms with Crippen molar-refractivity contribution in [2.45, 2.75) is 26.8 Å². The van der Waals surface area contributed by atoms with E-state index < -0.39 is 33.6 Å². The maximum absolute atomic E-state index is 13.2. The van der Waals surface area contributed by atoms with Crippen LogP contribution in [0.15, 0.2) is 12.1 Å². The minimum absolute atomic E-state index is 0.0456. The molecule has 0 aromatic heterocycles. The predicted molar refractivity (Wildman–Crippen MR) is 61.1 cm³/mol. The van der Waals surface area contributed by atoms with Crippen LogP contribution in [-0.2, 0) is 0 Å². The van der Waals surface area contributed by atoms with Crippen LogP contribution in [0, 0.1) is 21.3 Å². The lowest BCUT2D eigenvalue weighted by Crippen LogP contribution is -2.26. The molecular formula is C11H15FN2O3. The molecule has 17 heavy (non-hydrogen) atoms. The third-order valence-electron chi connectivity index (χ3n) is 2.55. The summed E-state index contributed by atoms with van der Waals surface area (Å²) in [6.07, 6.45) is 0. The summed E-state index contributed by atoms with van der Waals surface area (Å²) in [5, 5.41) is 20.4. The highest BCUT2D eigenvalue weighted by molar-refractivity contribution is 5.52. The number of nitrogens with zero attached hydrogens (tertiary/aromatic N) is 1. The van der Waals surface area contributed by atoms with Crippen LogP contribution in [0.2, 0.25) is 0 Å². The lowest BCUT2D eigenvalue weighted by Gasteiger charge is -2.27. The maximum atomic E-state index is 13.2. The Labute approximate surface area is 98.2 Å². The number of phenolic OH excluding ortho intramolecular Hbond substituents is 1. The van der Waals surface area contributed by atoms with Gasteiger partial charge in [0.2, 0.25) is 0 Å². The quantitative estimate of drug-likeness (QED) is 0.615. The number of phenols is 1. The fourth-order valence-corrected chi connectivity index (χ4v) is 1.45. The summed E-state index contributed by atoms with van der Waals surface area (Å²) >= 11 is 0. The van der Waals surface area contributed by atoms with Gasteiger partial charge in [-0.3, -0.25) is 10.1 Å². The van der Waals surface area contributed by atoms with Crippen molar-refractivity contribution >= 4 is 5.69 Å². The van der Waals surface area contributed by atoms with Gasteiger partial charge in [0.05, 0.1) is 11.0 Å². The van der Waals surface area contributed by atoms with E-state index in [2.05, 4.69) is 0 Å². The number of hydrogen-bond donors (Lipinski definition) is 2. The molecule has 1 aromatic rings. The molecule has 1 atom stereocenters. The molecule has 0 amide bonds. The van der Waals surface area contributed by atoms with Crippen molar-refractivity contribution in [2.75, 3.05) is 0 Å². The highest BCUT2D eigenvalue weighted by Gasteiger charge is 2.29. The molecule has 0 saturated carbocycles. The summed E-state index contributed by atoms with van der Waals surface area (Å²) in [5.41, 5.74) is 4.79. The Bertz CT molecular complexity index is 455. The van der Waals surface area contributed by atoms with Gasteiger partial charge in [0, 0.05) is 11.6 Å². The van der Waals surface area contributed by atoms with Crippen LogP contribution >= 0.6 is 0 Å². The number of aromatic hydroxyl groups is 1. The highest BCUT2D eigenvalue weighted by atomic mass is 19.1. The Balaban J connectivity index is 3.40. The first-order chi connectivity index (χ1) is 7.64. The van der Waals surface area contributed by atoms with E-state index in [0.29, 0.717) is 6.07 Å². The number of benzene rings is 1. The molecule has 5 nitrogen and oxygen atoms in total. The van der Waals surface area contributed by atoms with E-state index in [-0.39, 0.29) is 5.56 Å². The molecule has 0 fully saturated rings. The smallest absolute Gasteiger partial charge is 0.313 e. The topological polar surface area (TPSA) is 89.4 Å². The molecule has 0 radical (unpaired) electrons.